The van der Waals surface area contributed by atoms with Gasteiger partial charge in [-0.2, -0.15) is 4.31 Å². The van der Waals surface area contributed by atoms with Crippen LogP contribution in [0.4, 0.5) is 0 Å². The summed E-state index contributed by atoms with van der Waals surface area (Å²) in [6.07, 6.45) is 6.57. The Balaban J connectivity index is 1.63. The molecule has 1 aliphatic carbocycles. The van der Waals surface area contributed by atoms with E-state index in [1.807, 2.05) is 0 Å². The molecule has 0 aromatic heterocycles. The molecule has 0 radical (unpaired) electrons. The van der Waals surface area contributed by atoms with E-state index in [1.54, 1.807) is 12.1 Å². The second kappa shape index (κ2) is 8.39. The third-order valence-corrected chi connectivity index (χ3v) is 7.50. The summed E-state index contributed by atoms with van der Waals surface area (Å²) in [6.45, 7) is 0.524. The van der Waals surface area contributed by atoms with Crippen molar-refractivity contribution in [1.82, 2.24) is 9.62 Å². The predicted molar refractivity (Wildman–Crippen MR) is 101 cm³/mol. The fourth-order valence-electron chi connectivity index (χ4n) is 3.96. The van der Waals surface area contributed by atoms with Crippen molar-refractivity contribution < 1.29 is 18.0 Å². The third kappa shape index (κ3) is 4.50. The molecule has 2 aliphatic rings. The maximum Gasteiger partial charge on any atom is 0.250 e. The van der Waals surface area contributed by atoms with E-state index in [9.17, 15) is 18.0 Å². The molecular weight excluding hydrogens is 366 g/mol. The molecule has 2 amide bonds. The molecule has 1 aliphatic heterocycles. The third-order valence-electron chi connectivity index (χ3n) is 5.55. The number of carbonyl (C=O) groups excluding carboxylic acids is 2. The highest BCUT2D eigenvalue weighted by Gasteiger charge is 2.34. The minimum Gasteiger partial charge on any atom is -0.366 e. The van der Waals surface area contributed by atoms with Crippen LogP contribution in [0.3, 0.4) is 0 Å². The van der Waals surface area contributed by atoms with Crippen molar-refractivity contribution in [2.24, 2.45) is 11.7 Å². The number of benzene rings is 1. The maximum absolute atomic E-state index is 12.9. The van der Waals surface area contributed by atoms with Gasteiger partial charge in [0.25, 0.3) is 0 Å². The minimum absolute atomic E-state index is 0.00494. The summed E-state index contributed by atoms with van der Waals surface area (Å²) in [6, 6.07) is 6.23. The van der Waals surface area contributed by atoms with E-state index in [1.165, 1.54) is 22.9 Å². The van der Waals surface area contributed by atoms with Crippen LogP contribution in [0.5, 0.6) is 0 Å². The van der Waals surface area contributed by atoms with E-state index < -0.39 is 15.9 Å². The van der Waals surface area contributed by atoms with E-state index in [-0.39, 0.29) is 41.4 Å². The van der Waals surface area contributed by atoms with Crippen molar-refractivity contribution in [1.29, 1.82) is 0 Å². The lowest BCUT2D eigenvalue weighted by Crippen LogP contribution is -2.45. The number of hydrogen-bond acceptors (Lipinski definition) is 4. The normalized spacial score (nSPS) is 20.3. The number of sulfonamides is 1. The summed E-state index contributed by atoms with van der Waals surface area (Å²) in [5.41, 5.74) is 5.31. The molecule has 0 unspecified atom stereocenters. The summed E-state index contributed by atoms with van der Waals surface area (Å²) in [7, 11) is -3.81. The Bertz CT molecular complexity index is 795. The van der Waals surface area contributed by atoms with Gasteiger partial charge in [-0.3, -0.25) is 9.59 Å². The second-order valence-corrected chi connectivity index (χ2v) is 9.29. The Morgan fingerprint density at radius 1 is 1.00 bits per heavy atom. The summed E-state index contributed by atoms with van der Waals surface area (Å²) >= 11 is 0. The molecule has 0 bridgehead atoms. The average molecular weight is 394 g/mol. The molecule has 0 spiro atoms. The van der Waals surface area contributed by atoms with Gasteiger partial charge < -0.3 is 11.1 Å². The van der Waals surface area contributed by atoms with Gasteiger partial charge in [-0.15, -0.1) is 0 Å². The van der Waals surface area contributed by atoms with Crippen LogP contribution in [-0.2, 0) is 14.8 Å². The number of nitrogens with one attached hydrogen (secondary N) is 1. The van der Waals surface area contributed by atoms with Gasteiger partial charge in [0, 0.05) is 25.0 Å². The lowest BCUT2D eigenvalue weighted by Gasteiger charge is -2.32. The van der Waals surface area contributed by atoms with Gasteiger partial charge in [-0.05, 0) is 37.8 Å². The van der Waals surface area contributed by atoms with Crippen molar-refractivity contribution in [3.63, 3.8) is 0 Å². The molecule has 27 heavy (non-hydrogen) atoms. The number of amides is 2. The summed E-state index contributed by atoms with van der Waals surface area (Å²) in [5, 5.41) is 3.13. The zero-order valence-corrected chi connectivity index (χ0v) is 16.2. The molecule has 8 heteroatoms. The highest BCUT2D eigenvalue weighted by atomic mass is 32.2. The smallest absolute Gasteiger partial charge is 0.250 e. The average Bonchev–Trinajstić information content (AvgIpc) is 2.69. The standard InChI is InChI=1S/C19H27N3O4S/c20-18(23)16-8-4-5-9-17(16)27(25,26)22-12-10-14(11-13-22)19(24)21-15-6-2-1-3-7-15/h4-5,8-9,14-15H,1-3,6-7,10-13H2,(H2,20,23)(H,21,24). The van der Waals surface area contributed by atoms with Crippen LogP contribution in [-0.4, -0.2) is 43.7 Å². The minimum atomic E-state index is -3.81. The SMILES string of the molecule is NC(=O)c1ccccc1S(=O)(=O)N1CCC(C(=O)NC2CCCCC2)CC1. The monoisotopic (exact) mass is 393 g/mol. The topological polar surface area (TPSA) is 110 Å². The van der Waals surface area contributed by atoms with Crippen LogP contribution in [0, 0.1) is 5.92 Å². The van der Waals surface area contributed by atoms with Crippen LogP contribution in [0.25, 0.3) is 0 Å². The first kappa shape index (κ1) is 19.8. The number of primary amides is 1. The van der Waals surface area contributed by atoms with Gasteiger partial charge >= 0.3 is 0 Å². The predicted octanol–water partition coefficient (Wildman–Crippen LogP) is 1.64. The van der Waals surface area contributed by atoms with E-state index in [0.717, 1.165) is 25.7 Å². The Kier molecular flexibility index (Phi) is 6.16. The Labute approximate surface area is 160 Å². The molecule has 0 atom stereocenters. The first-order valence-corrected chi connectivity index (χ1v) is 11.0. The van der Waals surface area contributed by atoms with Crippen LogP contribution in [0.15, 0.2) is 29.2 Å². The van der Waals surface area contributed by atoms with Crippen molar-refractivity contribution >= 4 is 21.8 Å². The van der Waals surface area contributed by atoms with Crippen LogP contribution in [0.2, 0.25) is 0 Å². The number of carbonyl (C=O) groups is 2. The Hall–Kier alpha value is -1.93. The van der Waals surface area contributed by atoms with E-state index in [2.05, 4.69) is 5.32 Å². The van der Waals surface area contributed by atoms with Gasteiger partial charge in [-0.25, -0.2) is 8.42 Å². The molecule has 1 saturated heterocycles. The lowest BCUT2D eigenvalue weighted by atomic mass is 9.93. The zero-order valence-electron chi connectivity index (χ0n) is 15.4. The van der Waals surface area contributed by atoms with E-state index in [0.29, 0.717) is 12.8 Å². The molecule has 3 N–H and O–H groups in total. The Morgan fingerprint density at radius 3 is 2.26 bits per heavy atom. The van der Waals surface area contributed by atoms with Crippen molar-refractivity contribution in [2.45, 2.75) is 55.9 Å². The molecule has 148 valence electrons. The van der Waals surface area contributed by atoms with E-state index in [4.69, 9.17) is 5.73 Å². The first-order chi connectivity index (χ1) is 12.9. The highest BCUT2D eigenvalue weighted by molar-refractivity contribution is 7.89. The molecule has 2 fully saturated rings. The van der Waals surface area contributed by atoms with E-state index >= 15 is 0 Å². The highest BCUT2D eigenvalue weighted by Crippen LogP contribution is 2.26. The van der Waals surface area contributed by atoms with Crippen molar-refractivity contribution in [3.05, 3.63) is 29.8 Å². The lowest BCUT2D eigenvalue weighted by molar-refractivity contribution is -0.127. The molecule has 1 aromatic carbocycles. The van der Waals surface area contributed by atoms with Gasteiger partial charge in [0.15, 0.2) is 0 Å². The van der Waals surface area contributed by atoms with Crippen LogP contribution < -0.4 is 11.1 Å². The summed E-state index contributed by atoms with van der Waals surface area (Å²) in [4.78, 5) is 24.0. The molecule has 7 nitrogen and oxygen atoms in total. The van der Waals surface area contributed by atoms with Crippen LogP contribution >= 0.6 is 0 Å². The van der Waals surface area contributed by atoms with Gasteiger partial charge in [0.05, 0.1) is 10.5 Å². The fourth-order valence-corrected chi connectivity index (χ4v) is 5.63. The van der Waals surface area contributed by atoms with Crippen LogP contribution in [0.1, 0.15) is 55.3 Å². The van der Waals surface area contributed by atoms with Gasteiger partial charge in [0.1, 0.15) is 0 Å². The number of nitrogens with two attached hydrogens (primary N) is 1. The Morgan fingerprint density at radius 2 is 1.63 bits per heavy atom. The number of rotatable bonds is 5. The van der Waals surface area contributed by atoms with Gasteiger partial charge in [0.2, 0.25) is 21.8 Å². The number of nitrogens with zero attached hydrogens (tertiary/aromatic N) is 1. The summed E-state index contributed by atoms with van der Waals surface area (Å²) in [5.74, 6) is -0.892. The first-order valence-electron chi connectivity index (χ1n) is 9.59. The largest absolute Gasteiger partial charge is 0.366 e. The second-order valence-electron chi connectivity index (χ2n) is 7.38. The molecule has 1 heterocycles. The molecule has 1 aromatic rings. The number of piperidine rings is 1. The van der Waals surface area contributed by atoms with Crippen molar-refractivity contribution in [2.75, 3.05) is 13.1 Å². The fraction of sp³-hybridized carbons (Fsp3) is 0.579. The molecular formula is C19H27N3O4S. The van der Waals surface area contributed by atoms with Crippen molar-refractivity contribution in [3.8, 4) is 0 Å². The quantitative estimate of drug-likeness (QED) is 0.792. The zero-order chi connectivity index (χ0) is 19.4. The molecule has 1 saturated carbocycles. The molecule has 3 rings (SSSR count). The maximum atomic E-state index is 12.9. The van der Waals surface area contributed by atoms with Gasteiger partial charge in [-0.1, -0.05) is 31.4 Å². The summed E-state index contributed by atoms with van der Waals surface area (Å²) < 4.78 is 27.2. The number of hydrogen-bond donors (Lipinski definition) is 2.